The van der Waals surface area contributed by atoms with Crippen molar-refractivity contribution in [1.82, 2.24) is 30.2 Å². The molecule has 2 atom stereocenters. The van der Waals surface area contributed by atoms with Gasteiger partial charge in [-0.05, 0) is 122 Å². The summed E-state index contributed by atoms with van der Waals surface area (Å²) in [6.45, 7) is 16.0. The third kappa shape index (κ3) is 9.91. The highest BCUT2D eigenvalue weighted by molar-refractivity contribution is 6.74. The van der Waals surface area contributed by atoms with E-state index in [-0.39, 0.29) is 34.6 Å². The Hall–Kier alpha value is -5.34. The Labute approximate surface area is 358 Å². The van der Waals surface area contributed by atoms with Crippen molar-refractivity contribution in [3.05, 3.63) is 118 Å². The van der Waals surface area contributed by atoms with Crippen molar-refractivity contribution in [2.24, 2.45) is 5.92 Å². The number of hydrogen-bond donors (Lipinski definition) is 4. The first-order chi connectivity index (χ1) is 29.3. The van der Waals surface area contributed by atoms with Crippen LogP contribution in [0.5, 0.6) is 5.75 Å². The number of aryl methyl sites for hydroxylation is 2. The van der Waals surface area contributed by atoms with Gasteiger partial charge in [0.15, 0.2) is 8.32 Å². The lowest BCUT2D eigenvalue weighted by Crippen LogP contribution is -2.52. The van der Waals surface area contributed by atoms with E-state index in [9.17, 15) is 14.7 Å². The first-order valence-corrected chi connectivity index (χ1v) is 24.7. The molecule has 0 spiro atoms. The van der Waals surface area contributed by atoms with E-state index in [1.165, 1.54) is 6.07 Å². The molecule has 0 unspecified atom stereocenters. The Morgan fingerprint density at radius 2 is 1.70 bits per heavy atom. The highest BCUT2D eigenvalue weighted by atomic mass is 28.4. The molecule has 3 fully saturated rings. The second kappa shape index (κ2) is 17.9. The number of benzene rings is 4. The van der Waals surface area contributed by atoms with Gasteiger partial charge in [0.1, 0.15) is 22.9 Å². The number of fused-ring (bicyclic) bond motifs is 5. The number of piperidine rings is 3. The number of pyridine rings is 1. The number of anilines is 1. The molecule has 320 valence electrons. The molecule has 1 amide bonds. The maximum Gasteiger partial charge on any atom is 0.411 e. The van der Waals surface area contributed by atoms with Crippen LogP contribution >= 0.6 is 0 Å². The van der Waals surface area contributed by atoms with Crippen LogP contribution in [0.3, 0.4) is 0 Å². The van der Waals surface area contributed by atoms with Gasteiger partial charge in [-0.1, -0.05) is 75.4 Å². The van der Waals surface area contributed by atoms with Crippen molar-refractivity contribution in [2.45, 2.75) is 96.3 Å². The predicted octanol–water partition coefficient (Wildman–Crippen LogP) is 9.16. The molecule has 4 N–H and O–H groups in total. The Morgan fingerprint density at radius 1 is 0.934 bits per heavy atom. The van der Waals surface area contributed by atoms with Crippen molar-refractivity contribution < 1.29 is 19.1 Å². The third-order valence-corrected chi connectivity index (χ3v) is 17.5. The molecule has 3 aliphatic heterocycles. The summed E-state index contributed by atoms with van der Waals surface area (Å²) in [4.78, 5) is 32.4. The maximum atomic E-state index is 13.2. The summed E-state index contributed by atoms with van der Waals surface area (Å²) >= 11 is 0. The van der Waals surface area contributed by atoms with Crippen molar-refractivity contribution >= 4 is 42.0 Å². The summed E-state index contributed by atoms with van der Waals surface area (Å²) in [5, 5.41) is 27.6. The van der Waals surface area contributed by atoms with Gasteiger partial charge in [0.2, 0.25) is 5.56 Å². The minimum absolute atomic E-state index is 0.0120. The van der Waals surface area contributed by atoms with Gasteiger partial charge in [-0.25, -0.2) is 4.79 Å². The topological polar surface area (TPSA) is 147 Å². The van der Waals surface area contributed by atoms with Crippen LogP contribution in [0.25, 0.3) is 33.1 Å². The fraction of sp³-hybridized carbons (Fsp3) is 0.417. The summed E-state index contributed by atoms with van der Waals surface area (Å²) in [7, 11) is -2.21. The number of aromatic nitrogens is 4. The molecule has 0 aliphatic carbocycles. The normalized spacial score (nSPS) is 18.4. The molecule has 0 saturated carbocycles. The van der Waals surface area contributed by atoms with E-state index in [1.807, 2.05) is 30.3 Å². The number of H-pyrrole nitrogens is 1. The Morgan fingerprint density at radius 3 is 2.46 bits per heavy atom. The van der Waals surface area contributed by atoms with Crippen LogP contribution < -0.4 is 16.2 Å². The summed E-state index contributed by atoms with van der Waals surface area (Å²) in [6.07, 6.45) is 4.13. The zero-order valence-corrected chi connectivity index (χ0v) is 37.0. The summed E-state index contributed by atoms with van der Waals surface area (Å²) in [5.41, 5.74) is 7.79. The number of carbonyl (C=O) groups is 1. The van der Waals surface area contributed by atoms with Gasteiger partial charge >= 0.3 is 6.09 Å². The maximum absolute atomic E-state index is 13.2. The van der Waals surface area contributed by atoms with Crippen LogP contribution in [0.15, 0.2) is 95.8 Å². The number of amides is 1. The van der Waals surface area contributed by atoms with Gasteiger partial charge in [0, 0.05) is 36.7 Å². The predicted molar refractivity (Wildman–Crippen MR) is 244 cm³/mol. The lowest BCUT2D eigenvalue weighted by molar-refractivity contribution is -0.0289. The molecule has 9 rings (SSSR count). The lowest BCUT2D eigenvalue weighted by Gasteiger charge is -2.43. The molecule has 5 heterocycles. The minimum Gasteiger partial charge on any atom is -0.506 e. The molecule has 2 bridgehead atoms. The second-order valence-corrected chi connectivity index (χ2v) is 23.1. The van der Waals surface area contributed by atoms with Crippen LogP contribution in [0.4, 0.5) is 10.5 Å². The molecule has 13 heteroatoms. The van der Waals surface area contributed by atoms with Crippen LogP contribution in [-0.4, -0.2) is 76.7 Å². The van der Waals surface area contributed by atoms with Gasteiger partial charge in [0.05, 0.1) is 23.9 Å². The first-order valence-electron chi connectivity index (χ1n) is 21.8. The summed E-state index contributed by atoms with van der Waals surface area (Å²) in [6, 6.07) is 29.5. The van der Waals surface area contributed by atoms with E-state index in [0.717, 1.165) is 102 Å². The van der Waals surface area contributed by atoms with Crippen LogP contribution in [0.2, 0.25) is 18.1 Å². The Bertz CT molecular complexity index is 2540. The third-order valence-electron chi connectivity index (χ3n) is 13.0. The van der Waals surface area contributed by atoms with E-state index in [0.29, 0.717) is 31.1 Å². The SMILES string of the molecule is CC(C)(C)[Si](C)(C)O[C@@H](CNCc1ccc2nn(CCCCc3ccc(-c4ccccc4)c(NC(=O)O[C@H]4CN5CCC4CC5)c3)nc2c1)c1ccc(O)c2[nH]c(=O)ccc12. The molecule has 12 nitrogen and oxygen atoms in total. The van der Waals surface area contributed by atoms with Crippen LogP contribution in [-0.2, 0) is 28.7 Å². The highest BCUT2D eigenvalue weighted by Crippen LogP contribution is 2.41. The smallest absolute Gasteiger partial charge is 0.411 e. The number of hydrogen-bond acceptors (Lipinski definition) is 9. The largest absolute Gasteiger partial charge is 0.506 e. The highest BCUT2D eigenvalue weighted by Gasteiger charge is 2.40. The number of aromatic hydroxyl groups is 1. The number of unbranched alkanes of at least 4 members (excludes halogenated alkanes) is 1. The Balaban J connectivity index is 0.884. The zero-order chi connectivity index (χ0) is 42.7. The van der Waals surface area contributed by atoms with Gasteiger partial charge in [0.25, 0.3) is 0 Å². The van der Waals surface area contributed by atoms with E-state index in [4.69, 9.17) is 19.4 Å². The fourth-order valence-corrected chi connectivity index (χ4v) is 9.75. The molecule has 2 aromatic heterocycles. The molecule has 3 aliphatic rings. The molecule has 61 heavy (non-hydrogen) atoms. The van der Waals surface area contributed by atoms with Crippen molar-refractivity contribution in [2.75, 3.05) is 31.5 Å². The van der Waals surface area contributed by atoms with Gasteiger partial charge in [-0.3, -0.25) is 15.0 Å². The number of phenolic OH excluding ortho intramolecular Hbond substituents is 1. The molecular formula is C48H59N7O5Si. The van der Waals surface area contributed by atoms with E-state index in [2.05, 4.69) is 96.8 Å². The number of aromatic amines is 1. The van der Waals surface area contributed by atoms with Crippen molar-refractivity contribution in [3.8, 4) is 16.9 Å². The van der Waals surface area contributed by atoms with Gasteiger partial charge in [-0.15, -0.1) is 0 Å². The molecular weight excluding hydrogens is 783 g/mol. The minimum atomic E-state index is -2.21. The zero-order valence-electron chi connectivity index (χ0n) is 36.0. The molecule has 4 aromatic carbocycles. The number of nitrogens with one attached hydrogen (secondary N) is 3. The number of ether oxygens (including phenoxy) is 1. The first kappa shape index (κ1) is 42.4. The summed E-state index contributed by atoms with van der Waals surface area (Å²) in [5.74, 6) is 0.482. The van der Waals surface area contributed by atoms with E-state index in [1.54, 1.807) is 16.9 Å². The summed E-state index contributed by atoms with van der Waals surface area (Å²) < 4.78 is 13.0. The van der Waals surface area contributed by atoms with E-state index < -0.39 is 8.32 Å². The second-order valence-electron chi connectivity index (χ2n) is 18.3. The lowest BCUT2D eigenvalue weighted by atomic mass is 9.86. The fourth-order valence-electron chi connectivity index (χ4n) is 8.47. The standard InChI is InChI=1S/C48H59N7O5Si/c1-48(2,3)61(4,5)60-43(37-17-20-42(56)46-38(37)18-21-45(57)51-46)30-49-29-33-15-19-39-41(28-33)53-55(52-39)24-10-9-11-32-14-16-36(34-12-7-6-8-13-34)40(27-32)50-47(58)59-44-31-54-25-22-35(44)23-26-54/h6-8,12-21,27-28,35,43-44,49,56H,9-11,22-26,29-31H2,1-5H3,(H,50,58)(H,51,57)/t43-,44-/m0/s1. The quantitative estimate of drug-likeness (QED) is 0.0587. The molecule has 0 radical (unpaired) electrons. The number of rotatable bonds is 15. The van der Waals surface area contributed by atoms with Crippen molar-refractivity contribution in [3.63, 3.8) is 0 Å². The van der Waals surface area contributed by atoms with E-state index >= 15 is 0 Å². The van der Waals surface area contributed by atoms with Crippen LogP contribution in [0, 0.1) is 5.92 Å². The number of phenols is 1. The monoisotopic (exact) mass is 841 g/mol. The molecule has 6 aromatic rings. The molecule has 3 saturated heterocycles. The Kier molecular flexibility index (Phi) is 12.5. The van der Waals surface area contributed by atoms with Crippen LogP contribution in [0.1, 0.15) is 69.2 Å². The number of nitrogens with zero attached hydrogens (tertiary/aromatic N) is 4. The number of carbonyl (C=O) groups excluding carboxylic acids is 1. The average Bonchev–Trinajstić information content (AvgIpc) is 3.65. The average molecular weight is 842 g/mol. The van der Waals surface area contributed by atoms with Gasteiger partial charge in [-0.2, -0.15) is 15.0 Å². The van der Waals surface area contributed by atoms with Crippen molar-refractivity contribution in [1.29, 1.82) is 0 Å². The van der Waals surface area contributed by atoms with Gasteiger partial charge < -0.3 is 24.6 Å².